The van der Waals surface area contributed by atoms with Crippen molar-refractivity contribution in [1.82, 2.24) is 0 Å². The molecule has 3 N–H and O–H groups in total. The van der Waals surface area contributed by atoms with Crippen LogP contribution in [0.3, 0.4) is 0 Å². The van der Waals surface area contributed by atoms with E-state index in [1.807, 2.05) is 31.2 Å². The van der Waals surface area contributed by atoms with E-state index in [0.29, 0.717) is 0 Å². The van der Waals surface area contributed by atoms with Gasteiger partial charge in [0.05, 0.1) is 0 Å². The SMILES string of the molecule is CCNc1cccc(NC(C)=O)c1.O=CO. The van der Waals surface area contributed by atoms with Crippen LogP contribution < -0.4 is 10.6 Å². The van der Waals surface area contributed by atoms with Crippen LogP contribution in [0.1, 0.15) is 13.8 Å². The van der Waals surface area contributed by atoms with Crippen molar-refractivity contribution < 1.29 is 14.7 Å². The van der Waals surface area contributed by atoms with Crippen LogP contribution in [-0.2, 0) is 9.59 Å². The summed E-state index contributed by atoms with van der Waals surface area (Å²) in [7, 11) is 0. The molecule has 0 aliphatic carbocycles. The van der Waals surface area contributed by atoms with E-state index in [1.165, 1.54) is 6.92 Å². The summed E-state index contributed by atoms with van der Waals surface area (Å²) >= 11 is 0. The van der Waals surface area contributed by atoms with E-state index in [1.54, 1.807) is 0 Å². The van der Waals surface area contributed by atoms with Crippen LogP contribution in [0.15, 0.2) is 24.3 Å². The van der Waals surface area contributed by atoms with Gasteiger partial charge in [0.1, 0.15) is 0 Å². The lowest BCUT2D eigenvalue weighted by molar-refractivity contribution is -0.123. The Kier molecular flexibility index (Phi) is 7.23. The topological polar surface area (TPSA) is 78.4 Å². The fraction of sp³-hybridized carbons (Fsp3) is 0.273. The quantitative estimate of drug-likeness (QED) is 0.684. The molecule has 0 heterocycles. The number of benzene rings is 1. The van der Waals surface area contributed by atoms with Crippen molar-refractivity contribution in [3.63, 3.8) is 0 Å². The number of carbonyl (C=O) groups is 2. The molecule has 5 nitrogen and oxygen atoms in total. The highest BCUT2D eigenvalue weighted by Gasteiger charge is 1.95. The van der Waals surface area contributed by atoms with E-state index in [9.17, 15) is 4.79 Å². The van der Waals surface area contributed by atoms with Crippen LogP contribution in [0, 0.1) is 0 Å². The zero-order chi connectivity index (χ0) is 12.4. The molecule has 0 spiro atoms. The maximum atomic E-state index is 10.8. The van der Waals surface area contributed by atoms with Gasteiger partial charge in [0, 0.05) is 24.8 Å². The summed E-state index contributed by atoms with van der Waals surface area (Å²) < 4.78 is 0. The van der Waals surface area contributed by atoms with Crippen molar-refractivity contribution in [1.29, 1.82) is 0 Å². The summed E-state index contributed by atoms with van der Waals surface area (Å²) in [6, 6.07) is 7.64. The van der Waals surface area contributed by atoms with Gasteiger partial charge in [0.2, 0.25) is 5.91 Å². The van der Waals surface area contributed by atoms with E-state index in [0.717, 1.165) is 17.9 Å². The van der Waals surface area contributed by atoms with Crippen molar-refractivity contribution in [3.05, 3.63) is 24.3 Å². The number of carboxylic acid groups (broad SMARTS) is 1. The first-order valence-electron chi connectivity index (χ1n) is 4.83. The molecule has 0 aliphatic rings. The summed E-state index contributed by atoms with van der Waals surface area (Å²) in [5.74, 6) is -0.0475. The van der Waals surface area contributed by atoms with E-state index in [-0.39, 0.29) is 12.4 Å². The minimum Gasteiger partial charge on any atom is -0.483 e. The first-order chi connectivity index (χ1) is 7.63. The van der Waals surface area contributed by atoms with Crippen molar-refractivity contribution in [2.24, 2.45) is 0 Å². The lowest BCUT2D eigenvalue weighted by atomic mass is 10.2. The molecule has 0 bridgehead atoms. The maximum absolute atomic E-state index is 10.8. The van der Waals surface area contributed by atoms with Crippen LogP contribution in [0.25, 0.3) is 0 Å². The van der Waals surface area contributed by atoms with Crippen LogP contribution in [0.5, 0.6) is 0 Å². The van der Waals surface area contributed by atoms with Gasteiger partial charge in [0.15, 0.2) is 0 Å². The molecular weight excluding hydrogens is 208 g/mol. The molecule has 16 heavy (non-hydrogen) atoms. The lowest BCUT2D eigenvalue weighted by Gasteiger charge is -2.06. The Morgan fingerprint density at radius 1 is 1.44 bits per heavy atom. The van der Waals surface area contributed by atoms with Gasteiger partial charge in [-0.1, -0.05) is 6.07 Å². The van der Waals surface area contributed by atoms with Crippen LogP contribution in [0.2, 0.25) is 0 Å². The monoisotopic (exact) mass is 224 g/mol. The summed E-state index contributed by atoms with van der Waals surface area (Å²) in [5.41, 5.74) is 1.85. The normalized spacial score (nSPS) is 8.38. The average molecular weight is 224 g/mol. The van der Waals surface area contributed by atoms with Crippen LogP contribution >= 0.6 is 0 Å². The third kappa shape index (κ3) is 6.42. The number of hydrogen-bond donors (Lipinski definition) is 3. The predicted octanol–water partition coefficient (Wildman–Crippen LogP) is 1.78. The Balaban J connectivity index is 0.000000673. The van der Waals surface area contributed by atoms with Gasteiger partial charge in [-0.25, -0.2) is 0 Å². The molecule has 1 aromatic carbocycles. The second-order valence-electron chi connectivity index (χ2n) is 2.90. The first kappa shape index (κ1) is 14.0. The molecule has 0 radical (unpaired) electrons. The minimum absolute atomic E-state index is 0.0475. The van der Waals surface area contributed by atoms with Crippen LogP contribution in [0.4, 0.5) is 11.4 Å². The van der Waals surface area contributed by atoms with Gasteiger partial charge < -0.3 is 15.7 Å². The number of nitrogens with one attached hydrogen (secondary N) is 2. The van der Waals surface area contributed by atoms with E-state index < -0.39 is 0 Å². The number of amides is 1. The van der Waals surface area contributed by atoms with E-state index in [2.05, 4.69) is 10.6 Å². The van der Waals surface area contributed by atoms with E-state index in [4.69, 9.17) is 9.90 Å². The molecule has 0 unspecified atom stereocenters. The summed E-state index contributed by atoms with van der Waals surface area (Å²) in [4.78, 5) is 19.1. The van der Waals surface area contributed by atoms with Gasteiger partial charge in [-0.2, -0.15) is 0 Å². The average Bonchev–Trinajstić information content (AvgIpc) is 2.18. The van der Waals surface area contributed by atoms with Gasteiger partial charge >= 0.3 is 0 Å². The number of carbonyl (C=O) groups excluding carboxylic acids is 1. The Labute approximate surface area is 94.5 Å². The van der Waals surface area contributed by atoms with Crippen LogP contribution in [-0.4, -0.2) is 24.0 Å². The fourth-order valence-corrected chi connectivity index (χ4v) is 1.11. The maximum Gasteiger partial charge on any atom is 0.290 e. The molecule has 0 aliphatic heterocycles. The molecule has 5 heteroatoms. The summed E-state index contributed by atoms with van der Waals surface area (Å²) in [6.45, 7) is 4.16. The molecule has 1 aromatic rings. The Bertz CT molecular complexity index is 340. The van der Waals surface area contributed by atoms with Crippen molar-refractivity contribution in [2.75, 3.05) is 17.2 Å². The summed E-state index contributed by atoms with van der Waals surface area (Å²) in [6.07, 6.45) is 0. The van der Waals surface area contributed by atoms with Gasteiger partial charge in [-0.05, 0) is 25.1 Å². The Morgan fingerprint density at radius 2 is 2.00 bits per heavy atom. The van der Waals surface area contributed by atoms with Gasteiger partial charge in [-0.3, -0.25) is 9.59 Å². The molecule has 0 aromatic heterocycles. The minimum atomic E-state index is -0.250. The van der Waals surface area contributed by atoms with Crippen molar-refractivity contribution >= 4 is 23.8 Å². The molecule has 0 atom stereocenters. The van der Waals surface area contributed by atoms with Gasteiger partial charge in [-0.15, -0.1) is 0 Å². The first-order valence-corrected chi connectivity index (χ1v) is 4.83. The van der Waals surface area contributed by atoms with Crippen molar-refractivity contribution in [2.45, 2.75) is 13.8 Å². The summed E-state index contributed by atoms with van der Waals surface area (Å²) in [5, 5.41) is 12.8. The Hall–Kier alpha value is -2.04. The highest BCUT2D eigenvalue weighted by Crippen LogP contribution is 2.14. The third-order valence-electron chi connectivity index (χ3n) is 1.56. The number of anilines is 2. The van der Waals surface area contributed by atoms with Crippen molar-refractivity contribution in [3.8, 4) is 0 Å². The standard InChI is InChI=1S/C10H14N2O.CH2O2/c1-3-11-9-5-4-6-10(7-9)12-8(2)13;2-1-3/h4-7,11H,3H2,1-2H3,(H,12,13);1H,(H,2,3). The second kappa shape index (κ2) is 8.28. The molecule has 0 fully saturated rings. The molecular formula is C11H16N2O3. The second-order valence-corrected chi connectivity index (χ2v) is 2.90. The number of rotatable bonds is 3. The predicted molar refractivity (Wildman–Crippen MR) is 63.6 cm³/mol. The zero-order valence-corrected chi connectivity index (χ0v) is 9.36. The van der Waals surface area contributed by atoms with Gasteiger partial charge in [0.25, 0.3) is 6.47 Å². The molecule has 88 valence electrons. The largest absolute Gasteiger partial charge is 0.483 e. The fourth-order valence-electron chi connectivity index (χ4n) is 1.11. The molecule has 1 amide bonds. The third-order valence-corrected chi connectivity index (χ3v) is 1.56. The lowest BCUT2D eigenvalue weighted by Crippen LogP contribution is -2.06. The molecule has 0 saturated carbocycles. The number of hydrogen-bond acceptors (Lipinski definition) is 3. The Morgan fingerprint density at radius 3 is 2.50 bits per heavy atom. The van der Waals surface area contributed by atoms with E-state index >= 15 is 0 Å². The zero-order valence-electron chi connectivity index (χ0n) is 9.36. The molecule has 0 saturated heterocycles. The smallest absolute Gasteiger partial charge is 0.290 e. The highest BCUT2D eigenvalue weighted by molar-refractivity contribution is 5.89. The highest BCUT2D eigenvalue weighted by atomic mass is 16.3. The molecule has 1 rings (SSSR count).